The fourth-order valence-corrected chi connectivity index (χ4v) is 4.99. The lowest BCUT2D eigenvalue weighted by Crippen LogP contribution is -2.50. The summed E-state index contributed by atoms with van der Waals surface area (Å²) >= 11 is 7.42. The first-order valence-corrected chi connectivity index (χ1v) is 11.8. The quantitative estimate of drug-likeness (QED) is 0.594. The Labute approximate surface area is 186 Å². The van der Waals surface area contributed by atoms with E-state index in [0.717, 1.165) is 24.1 Å². The van der Waals surface area contributed by atoms with E-state index < -0.39 is 6.04 Å². The second-order valence-electron chi connectivity index (χ2n) is 8.07. The highest BCUT2D eigenvalue weighted by molar-refractivity contribution is 7.09. The van der Waals surface area contributed by atoms with Crippen LogP contribution in [-0.4, -0.2) is 28.6 Å². The Morgan fingerprint density at radius 1 is 1.23 bits per heavy atom. The van der Waals surface area contributed by atoms with Gasteiger partial charge in [0, 0.05) is 10.9 Å². The van der Waals surface area contributed by atoms with Gasteiger partial charge in [-0.1, -0.05) is 44.9 Å². The molecule has 0 spiro atoms. The van der Waals surface area contributed by atoms with Crippen LogP contribution in [0.15, 0.2) is 41.8 Å². The Hall–Kier alpha value is -1.92. The average molecular weight is 451 g/mol. The molecule has 2 aromatic rings. The number of nitrogens with zero attached hydrogens (tertiary/aromatic N) is 1. The summed E-state index contributed by atoms with van der Waals surface area (Å²) in [6, 6.07) is 8.77. The predicted octanol–water partition coefficient (Wildman–Crippen LogP) is 5.14. The summed E-state index contributed by atoms with van der Waals surface area (Å²) in [6.07, 6.45) is 3.14. The first-order valence-electron chi connectivity index (χ1n) is 10.3. The predicted molar refractivity (Wildman–Crippen MR) is 119 cm³/mol. The molecule has 2 amide bonds. The summed E-state index contributed by atoms with van der Waals surface area (Å²) < 4.78 is 13.5. The van der Waals surface area contributed by atoms with Crippen LogP contribution in [0.1, 0.15) is 49.6 Å². The van der Waals surface area contributed by atoms with E-state index in [1.807, 2.05) is 17.5 Å². The van der Waals surface area contributed by atoms with Gasteiger partial charge in [-0.2, -0.15) is 0 Å². The third kappa shape index (κ3) is 5.41. The van der Waals surface area contributed by atoms with Crippen molar-refractivity contribution in [2.45, 2.75) is 51.7 Å². The van der Waals surface area contributed by atoms with Crippen molar-refractivity contribution >= 4 is 34.8 Å². The number of halogens is 2. The Balaban J connectivity index is 1.92. The van der Waals surface area contributed by atoms with Gasteiger partial charge in [-0.15, -0.1) is 22.9 Å². The number of carbonyl (C=O) groups excluding carboxylic acids is 2. The van der Waals surface area contributed by atoms with Crippen molar-refractivity contribution in [3.63, 3.8) is 0 Å². The number of amides is 2. The van der Waals surface area contributed by atoms with Crippen LogP contribution in [0.5, 0.6) is 0 Å². The molecule has 1 heterocycles. The summed E-state index contributed by atoms with van der Waals surface area (Å²) in [6.45, 7) is 4.64. The molecule has 0 aliphatic heterocycles. The lowest BCUT2D eigenvalue weighted by atomic mass is 9.78. The van der Waals surface area contributed by atoms with Crippen molar-refractivity contribution in [2.75, 3.05) is 5.88 Å². The fourth-order valence-electron chi connectivity index (χ4n) is 4.14. The monoisotopic (exact) mass is 450 g/mol. The van der Waals surface area contributed by atoms with Gasteiger partial charge in [-0.25, -0.2) is 4.39 Å². The Morgan fingerprint density at radius 3 is 2.60 bits per heavy atom. The van der Waals surface area contributed by atoms with Crippen molar-refractivity contribution in [1.82, 2.24) is 10.2 Å². The lowest BCUT2D eigenvalue weighted by Gasteiger charge is -2.37. The topological polar surface area (TPSA) is 49.4 Å². The highest BCUT2D eigenvalue weighted by atomic mass is 35.5. The molecule has 30 heavy (non-hydrogen) atoms. The van der Waals surface area contributed by atoms with Crippen molar-refractivity contribution in [3.05, 3.63) is 58.0 Å². The first kappa shape index (κ1) is 22.8. The molecule has 0 bridgehead atoms. The lowest BCUT2D eigenvalue weighted by molar-refractivity contribution is -0.140. The van der Waals surface area contributed by atoms with E-state index in [9.17, 15) is 14.0 Å². The van der Waals surface area contributed by atoms with Gasteiger partial charge < -0.3 is 10.2 Å². The van der Waals surface area contributed by atoms with Crippen LogP contribution in [-0.2, 0) is 16.1 Å². The maximum Gasteiger partial charge on any atom is 0.247 e. The largest absolute Gasteiger partial charge is 0.351 e. The van der Waals surface area contributed by atoms with Crippen molar-refractivity contribution in [3.8, 4) is 0 Å². The van der Waals surface area contributed by atoms with Crippen LogP contribution < -0.4 is 5.32 Å². The van der Waals surface area contributed by atoms with E-state index >= 15 is 0 Å². The number of thiophene rings is 1. The second-order valence-corrected chi connectivity index (χ2v) is 9.37. The molecule has 7 heteroatoms. The summed E-state index contributed by atoms with van der Waals surface area (Å²) in [5, 5.41) is 5.11. The molecule has 3 rings (SSSR count). The minimum atomic E-state index is -0.872. The van der Waals surface area contributed by atoms with Crippen LogP contribution in [0, 0.1) is 17.7 Å². The van der Waals surface area contributed by atoms with Crippen molar-refractivity contribution in [2.24, 2.45) is 11.8 Å². The molecule has 0 unspecified atom stereocenters. The second kappa shape index (κ2) is 10.4. The molecule has 1 N–H and O–H groups in total. The molecule has 4 atom stereocenters. The number of hydrogen-bond acceptors (Lipinski definition) is 3. The molecule has 4 nitrogen and oxygen atoms in total. The number of alkyl halides is 1. The Bertz CT molecular complexity index is 843. The number of rotatable bonds is 7. The van der Waals surface area contributed by atoms with Crippen LogP contribution in [0.2, 0.25) is 0 Å². The summed E-state index contributed by atoms with van der Waals surface area (Å²) in [7, 11) is 0. The summed E-state index contributed by atoms with van der Waals surface area (Å²) in [5.41, 5.74) is 0.570. The maximum atomic E-state index is 13.5. The molecule has 0 radical (unpaired) electrons. The standard InChI is InChI=1S/C23H28ClFN2O2S/c1-15-5-3-7-20(16(15)2)26-23(29)22(17-8-10-18(25)11-9-17)27(21(28)13-24)14-19-6-4-12-30-19/h4,6,8-12,15-16,20,22H,3,5,7,13-14H2,1-2H3,(H,26,29)/t15-,16+,20+,22-/m1/s1. The molecule has 1 aliphatic carbocycles. The summed E-state index contributed by atoms with van der Waals surface area (Å²) in [5.74, 6) is -0.318. The molecule has 0 saturated heterocycles. The molecule has 1 aromatic heterocycles. The van der Waals surface area contributed by atoms with Gasteiger partial charge in [-0.3, -0.25) is 9.59 Å². The minimum Gasteiger partial charge on any atom is -0.351 e. The zero-order chi connectivity index (χ0) is 21.7. The fraction of sp³-hybridized carbons (Fsp3) is 0.478. The van der Waals surface area contributed by atoms with Crippen LogP contribution in [0.4, 0.5) is 4.39 Å². The highest BCUT2D eigenvalue weighted by Gasteiger charge is 2.35. The van der Waals surface area contributed by atoms with Gasteiger partial charge in [0.05, 0.1) is 6.54 Å². The van der Waals surface area contributed by atoms with Crippen molar-refractivity contribution < 1.29 is 14.0 Å². The highest BCUT2D eigenvalue weighted by Crippen LogP contribution is 2.31. The molecule has 1 fully saturated rings. The van der Waals surface area contributed by atoms with Gasteiger partial charge in [0.15, 0.2) is 0 Å². The van der Waals surface area contributed by atoms with Crippen LogP contribution >= 0.6 is 22.9 Å². The summed E-state index contributed by atoms with van der Waals surface area (Å²) in [4.78, 5) is 28.7. The molecular formula is C23H28ClFN2O2S. The van der Waals surface area contributed by atoms with Gasteiger partial charge >= 0.3 is 0 Å². The molecule has 1 aromatic carbocycles. The van der Waals surface area contributed by atoms with Gasteiger partial charge in [0.2, 0.25) is 11.8 Å². The molecule has 162 valence electrons. The van der Waals surface area contributed by atoms with Crippen molar-refractivity contribution in [1.29, 1.82) is 0 Å². The normalized spacial score (nSPS) is 22.3. The third-order valence-electron chi connectivity index (χ3n) is 6.12. The first-order chi connectivity index (χ1) is 14.4. The number of carbonyl (C=O) groups is 2. The van der Waals surface area contributed by atoms with Gasteiger partial charge in [0.25, 0.3) is 0 Å². The molecule has 1 saturated carbocycles. The zero-order valence-corrected chi connectivity index (χ0v) is 18.9. The number of benzene rings is 1. The SMILES string of the molecule is C[C@H]1[C@H](C)CCC[C@@H]1NC(=O)[C@@H](c1ccc(F)cc1)N(Cc1cccs1)C(=O)CCl. The van der Waals surface area contributed by atoms with Gasteiger partial charge in [-0.05, 0) is 47.4 Å². The van der Waals surface area contributed by atoms with Crippen LogP contribution in [0.3, 0.4) is 0 Å². The van der Waals surface area contributed by atoms with E-state index in [1.54, 1.807) is 12.1 Å². The Kier molecular flexibility index (Phi) is 7.89. The van der Waals surface area contributed by atoms with Gasteiger partial charge in [0.1, 0.15) is 17.7 Å². The third-order valence-corrected chi connectivity index (χ3v) is 7.21. The van der Waals surface area contributed by atoms with E-state index in [1.165, 1.54) is 28.4 Å². The Morgan fingerprint density at radius 2 is 1.97 bits per heavy atom. The number of hydrogen-bond donors (Lipinski definition) is 1. The van der Waals surface area contributed by atoms with Crippen LogP contribution in [0.25, 0.3) is 0 Å². The molecule has 1 aliphatic rings. The number of nitrogens with one attached hydrogen (secondary N) is 1. The average Bonchev–Trinajstić information content (AvgIpc) is 3.25. The molecular weight excluding hydrogens is 423 g/mol. The smallest absolute Gasteiger partial charge is 0.247 e. The van der Waals surface area contributed by atoms with E-state index in [4.69, 9.17) is 11.6 Å². The maximum absolute atomic E-state index is 13.5. The minimum absolute atomic E-state index is 0.0545. The van der Waals surface area contributed by atoms with E-state index in [-0.39, 0.29) is 36.1 Å². The van der Waals surface area contributed by atoms with E-state index in [2.05, 4.69) is 19.2 Å². The zero-order valence-electron chi connectivity index (χ0n) is 17.3. The van der Waals surface area contributed by atoms with E-state index in [0.29, 0.717) is 17.4 Å².